The summed E-state index contributed by atoms with van der Waals surface area (Å²) in [7, 11) is 0. The van der Waals surface area contributed by atoms with Crippen molar-refractivity contribution in [2.45, 2.75) is 316 Å². The summed E-state index contributed by atoms with van der Waals surface area (Å²) >= 11 is 0. The molecule has 6 heteroatoms. The van der Waals surface area contributed by atoms with Crippen LogP contribution in [0.25, 0.3) is 0 Å². The highest BCUT2D eigenvalue weighted by atomic mass is 16.6. The first kappa shape index (κ1) is 75.8. The molecule has 0 N–H and O–H groups in total. The third-order valence-corrected chi connectivity index (χ3v) is 14.2. The molecular weight excluding hydrogens is 985 g/mol. The lowest BCUT2D eigenvalue weighted by Gasteiger charge is -2.18. The van der Waals surface area contributed by atoms with Crippen LogP contribution < -0.4 is 0 Å². The second-order valence-electron chi connectivity index (χ2n) is 22.0. The SMILES string of the molecule is CC/C=C\C/C=C\C/C=C\C/C=C\C/C=C\C/C=C\C/C=C\CCCCCCCC(=O)OCC(COC(=O)CCCCCCC/C=C\C/C=C\C/C=C\CC)OC(=O)CCCCCCCCCCCCCCCCCCCCCC. The zero-order chi connectivity index (χ0) is 57.8. The van der Waals surface area contributed by atoms with Crippen molar-refractivity contribution >= 4 is 17.9 Å². The molecule has 80 heavy (non-hydrogen) atoms. The van der Waals surface area contributed by atoms with Crippen LogP contribution in [0.1, 0.15) is 310 Å². The zero-order valence-corrected chi connectivity index (χ0v) is 52.3. The Hall–Kier alpha value is -4.19. The van der Waals surface area contributed by atoms with E-state index in [4.69, 9.17) is 14.2 Å². The van der Waals surface area contributed by atoms with Crippen molar-refractivity contribution < 1.29 is 28.6 Å². The molecule has 0 aromatic rings. The van der Waals surface area contributed by atoms with E-state index in [-0.39, 0.29) is 31.1 Å². The second-order valence-corrected chi connectivity index (χ2v) is 22.0. The molecule has 0 bridgehead atoms. The molecule has 0 aromatic heterocycles. The normalized spacial score (nSPS) is 12.9. The van der Waals surface area contributed by atoms with E-state index in [9.17, 15) is 14.4 Å². The maximum atomic E-state index is 12.9. The molecule has 0 saturated heterocycles. The molecule has 0 aliphatic carbocycles. The van der Waals surface area contributed by atoms with Crippen molar-refractivity contribution in [2.75, 3.05) is 13.2 Å². The topological polar surface area (TPSA) is 78.9 Å². The molecule has 0 aliphatic heterocycles. The van der Waals surface area contributed by atoms with Gasteiger partial charge in [0.1, 0.15) is 13.2 Å². The molecule has 0 heterocycles. The minimum absolute atomic E-state index is 0.0933. The Morgan fingerprint density at radius 1 is 0.263 bits per heavy atom. The summed E-state index contributed by atoms with van der Waals surface area (Å²) in [6.07, 6.45) is 93.5. The number of esters is 3. The van der Waals surface area contributed by atoms with E-state index in [2.05, 4.69) is 142 Å². The van der Waals surface area contributed by atoms with Crippen LogP contribution in [0, 0.1) is 0 Å². The van der Waals surface area contributed by atoms with Gasteiger partial charge in [0.25, 0.3) is 0 Å². The molecule has 0 amide bonds. The number of unbranched alkanes of at least 4 members (excludes halogenated alkanes) is 29. The van der Waals surface area contributed by atoms with Crippen LogP contribution in [0.15, 0.2) is 122 Å². The highest BCUT2D eigenvalue weighted by Crippen LogP contribution is 2.17. The summed E-state index contributed by atoms with van der Waals surface area (Å²) in [6, 6.07) is 0. The average Bonchev–Trinajstić information content (AvgIpc) is 3.46. The van der Waals surface area contributed by atoms with E-state index in [0.717, 1.165) is 161 Å². The molecule has 0 rings (SSSR count). The second kappa shape index (κ2) is 67.3. The summed E-state index contributed by atoms with van der Waals surface area (Å²) in [4.78, 5) is 38.4. The Balaban J connectivity index is 4.40. The largest absolute Gasteiger partial charge is 0.462 e. The van der Waals surface area contributed by atoms with Gasteiger partial charge in [-0.3, -0.25) is 14.4 Å². The van der Waals surface area contributed by atoms with Crippen LogP contribution in [-0.2, 0) is 28.6 Å². The van der Waals surface area contributed by atoms with Gasteiger partial charge < -0.3 is 14.2 Å². The lowest BCUT2D eigenvalue weighted by Crippen LogP contribution is -2.30. The number of carbonyl (C=O) groups is 3. The van der Waals surface area contributed by atoms with Crippen LogP contribution in [0.3, 0.4) is 0 Å². The van der Waals surface area contributed by atoms with Crippen LogP contribution in [-0.4, -0.2) is 37.2 Å². The van der Waals surface area contributed by atoms with Gasteiger partial charge in [0, 0.05) is 19.3 Å². The molecule has 456 valence electrons. The first-order valence-corrected chi connectivity index (χ1v) is 33.5. The maximum Gasteiger partial charge on any atom is 0.306 e. The lowest BCUT2D eigenvalue weighted by molar-refractivity contribution is -0.167. The first-order valence-electron chi connectivity index (χ1n) is 33.5. The lowest BCUT2D eigenvalue weighted by atomic mass is 10.0. The van der Waals surface area contributed by atoms with Crippen LogP contribution in [0.4, 0.5) is 0 Å². The van der Waals surface area contributed by atoms with Crippen molar-refractivity contribution in [1.82, 2.24) is 0 Å². The van der Waals surface area contributed by atoms with Crippen molar-refractivity contribution in [2.24, 2.45) is 0 Å². The predicted molar refractivity (Wildman–Crippen MR) is 348 cm³/mol. The highest BCUT2D eigenvalue weighted by Gasteiger charge is 2.19. The fraction of sp³-hybridized carbons (Fsp3) is 0.689. The van der Waals surface area contributed by atoms with E-state index >= 15 is 0 Å². The van der Waals surface area contributed by atoms with Gasteiger partial charge in [0.05, 0.1) is 0 Å². The van der Waals surface area contributed by atoms with Gasteiger partial charge >= 0.3 is 17.9 Å². The number of rotatable bonds is 60. The van der Waals surface area contributed by atoms with Gasteiger partial charge in [-0.05, 0) is 109 Å². The Kier molecular flexibility index (Phi) is 63.8. The number of allylic oxidation sites excluding steroid dienone is 20. The van der Waals surface area contributed by atoms with Gasteiger partial charge in [0.15, 0.2) is 6.10 Å². The van der Waals surface area contributed by atoms with Crippen molar-refractivity contribution in [1.29, 1.82) is 0 Å². The zero-order valence-electron chi connectivity index (χ0n) is 52.3. The monoisotopic (exact) mass is 1110 g/mol. The fourth-order valence-corrected chi connectivity index (χ4v) is 9.26. The third kappa shape index (κ3) is 64.6. The Morgan fingerprint density at radius 2 is 0.487 bits per heavy atom. The van der Waals surface area contributed by atoms with Gasteiger partial charge in [-0.15, -0.1) is 0 Å². The number of hydrogen-bond acceptors (Lipinski definition) is 6. The van der Waals surface area contributed by atoms with E-state index < -0.39 is 6.10 Å². The Morgan fingerprint density at radius 3 is 0.762 bits per heavy atom. The molecule has 0 saturated carbocycles. The number of hydrogen-bond donors (Lipinski definition) is 0. The molecular formula is C74H124O6. The molecule has 0 spiro atoms. The quantitative estimate of drug-likeness (QED) is 0.0261. The minimum Gasteiger partial charge on any atom is -0.462 e. The smallest absolute Gasteiger partial charge is 0.306 e. The van der Waals surface area contributed by atoms with Gasteiger partial charge in [0.2, 0.25) is 0 Å². The summed E-state index contributed by atoms with van der Waals surface area (Å²) in [5.74, 6) is -0.918. The molecule has 6 nitrogen and oxygen atoms in total. The Labute approximate surface area is 494 Å². The summed E-state index contributed by atoms with van der Waals surface area (Å²) in [5, 5.41) is 0. The summed E-state index contributed by atoms with van der Waals surface area (Å²) in [5.41, 5.74) is 0. The third-order valence-electron chi connectivity index (χ3n) is 14.2. The van der Waals surface area contributed by atoms with Crippen LogP contribution in [0.2, 0.25) is 0 Å². The first-order chi connectivity index (χ1) is 39.5. The minimum atomic E-state index is -0.797. The summed E-state index contributed by atoms with van der Waals surface area (Å²) < 4.78 is 16.9. The number of carbonyl (C=O) groups excluding carboxylic acids is 3. The highest BCUT2D eigenvalue weighted by molar-refractivity contribution is 5.71. The van der Waals surface area contributed by atoms with Crippen molar-refractivity contribution in [3.63, 3.8) is 0 Å². The van der Waals surface area contributed by atoms with Crippen molar-refractivity contribution in [3.05, 3.63) is 122 Å². The van der Waals surface area contributed by atoms with E-state index in [1.54, 1.807) is 0 Å². The molecule has 0 aromatic carbocycles. The molecule has 0 aliphatic rings. The summed E-state index contributed by atoms with van der Waals surface area (Å²) in [6.45, 7) is 6.41. The Bertz CT molecular complexity index is 1650. The predicted octanol–water partition coefficient (Wildman–Crippen LogP) is 23.2. The maximum absolute atomic E-state index is 12.9. The number of ether oxygens (including phenoxy) is 3. The molecule has 1 unspecified atom stereocenters. The van der Waals surface area contributed by atoms with Gasteiger partial charge in [-0.2, -0.15) is 0 Å². The molecule has 0 fully saturated rings. The van der Waals surface area contributed by atoms with Crippen LogP contribution >= 0.6 is 0 Å². The molecule has 0 radical (unpaired) electrons. The van der Waals surface area contributed by atoms with Crippen LogP contribution in [0.5, 0.6) is 0 Å². The van der Waals surface area contributed by atoms with Gasteiger partial charge in [-0.1, -0.05) is 303 Å². The van der Waals surface area contributed by atoms with E-state index in [1.165, 1.54) is 109 Å². The molecule has 1 atom stereocenters. The van der Waals surface area contributed by atoms with Crippen molar-refractivity contribution in [3.8, 4) is 0 Å². The fourth-order valence-electron chi connectivity index (χ4n) is 9.26. The standard InChI is InChI=1S/C74H124O6/c1-4-7-10-13-16-19-22-25-28-30-32-34-35-36-37-38-39-40-42-43-46-49-52-55-58-61-64-67-73(76)79-70-71(69-78-72(75)66-63-60-57-54-51-48-45-27-24-21-18-15-12-9-6-3)80-74(77)68-65-62-59-56-53-50-47-44-41-33-31-29-26-23-20-17-14-11-8-5-2/h7,9-10,12,16,18-19,21,25,27-28,32,34,36-37,39-40,43,45-46,71H,4-6,8,11,13-15,17,20,22-24,26,29-31,33,35,38,41-42,44,47-70H2,1-3H3/b10-7-,12-9-,19-16-,21-18-,28-25-,34-32-,37-36-,40-39-,45-27-,46-43-. The van der Waals surface area contributed by atoms with E-state index in [1.807, 2.05) is 0 Å². The van der Waals surface area contributed by atoms with E-state index in [0.29, 0.717) is 19.3 Å². The average molecular weight is 1110 g/mol. The van der Waals surface area contributed by atoms with Gasteiger partial charge in [-0.25, -0.2) is 0 Å².